The van der Waals surface area contributed by atoms with Gasteiger partial charge < -0.3 is 19.3 Å². The molecule has 1 fully saturated rings. The Hall–Kier alpha value is -2.57. The number of carboxylic acid groups (broad SMARTS) is 1. The molecule has 1 aliphatic heterocycles. The second-order valence-electron chi connectivity index (χ2n) is 7.68. The number of rotatable bonds is 8. The van der Waals surface area contributed by atoms with Gasteiger partial charge >= 0.3 is 5.97 Å². The molecule has 0 amide bonds. The van der Waals surface area contributed by atoms with Crippen molar-refractivity contribution < 1.29 is 24.1 Å². The number of ether oxygens (including phenoxy) is 3. The quantitative estimate of drug-likeness (QED) is 0.729. The van der Waals surface area contributed by atoms with Crippen molar-refractivity contribution in [2.75, 3.05) is 26.8 Å². The predicted octanol–water partition coefficient (Wildman–Crippen LogP) is 3.76. The summed E-state index contributed by atoms with van der Waals surface area (Å²) in [4.78, 5) is 13.2. The molecule has 0 aromatic heterocycles. The summed E-state index contributed by atoms with van der Waals surface area (Å²) in [7, 11) is 1.54. The summed E-state index contributed by atoms with van der Waals surface area (Å²) in [6.07, 6.45) is 0.174. The Balaban J connectivity index is 1.76. The highest BCUT2D eigenvalue weighted by Crippen LogP contribution is 2.31. The van der Waals surface area contributed by atoms with Gasteiger partial charge in [-0.3, -0.25) is 4.90 Å². The van der Waals surface area contributed by atoms with Crippen molar-refractivity contribution >= 4 is 5.97 Å². The van der Waals surface area contributed by atoms with Gasteiger partial charge in [0.05, 0.1) is 19.3 Å². The number of benzene rings is 2. The van der Waals surface area contributed by atoms with Crippen molar-refractivity contribution in [3.8, 4) is 11.5 Å². The molecule has 1 saturated heterocycles. The molecule has 0 aliphatic carbocycles. The van der Waals surface area contributed by atoms with Crippen molar-refractivity contribution in [2.45, 2.75) is 32.6 Å². The van der Waals surface area contributed by atoms with Crippen molar-refractivity contribution in [3.63, 3.8) is 0 Å². The maximum atomic E-state index is 10.9. The van der Waals surface area contributed by atoms with Crippen molar-refractivity contribution in [1.82, 2.24) is 4.90 Å². The summed E-state index contributed by atoms with van der Waals surface area (Å²) in [5.74, 6) is 0.366. The lowest BCUT2D eigenvalue weighted by Gasteiger charge is -2.40. The van der Waals surface area contributed by atoms with Crippen molar-refractivity contribution in [3.05, 3.63) is 59.7 Å². The van der Waals surface area contributed by atoms with Crippen LogP contribution in [0.5, 0.6) is 11.5 Å². The first kappa shape index (κ1) is 21.1. The molecule has 0 saturated carbocycles. The fourth-order valence-corrected chi connectivity index (χ4v) is 3.54. The lowest BCUT2D eigenvalue weighted by atomic mass is 10.0. The van der Waals surface area contributed by atoms with Gasteiger partial charge in [-0.25, -0.2) is 4.79 Å². The number of methoxy groups -OCH3 is 1. The molecular weight excluding hydrogens is 370 g/mol. The van der Waals surface area contributed by atoms with Crippen LogP contribution in [0.15, 0.2) is 48.5 Å². The molecule has 29 heavy (non-hydrogen) atoms. The molecule has 0 radical (unpaired) electrons. The Labute approximate surface area is 172 Å². The first-order valence-electron chi connectivity index (χ1n) is 9.90. The van der Waals surface area contributed by atoms with E-state index in [-0.39, 0.29) is 12.2 Å². The van der Waals surface area contributed by atoms with Crippen LogP contribution in [0.1, 0.15) is 31.1 Å². The number of aliphatic carboxylic acids is 1. The van der Waals surface area contributed by atoms with Gasteiger partial charge in [-0.15, -0.1) is 0 Å². The minimum absolute atomic E-state index is 0.0262. The fraction of sp³-hybridized carbons (Fsp3) is 0.435. The van der Waals surface area contributed by atoms with Gasteiger partial charge in [0, 0.05) is 19.6 Å². The van der Waals surface area contributed by atoms with Crippen LogP contribution < -0.4 is 9.47 Å². The fourth-order valence-electron chi connectivity index (χ4n) is 3.54. The molecule has 2 aromatic carbocycles. The van der Waals surface area contributed by atoms with Crippen LogP contribution >= 0.6 is 0 Å². The Kier molecular flexibility index (Phi) is 7.12. The van der Waals surface area contributed by atoms with Crippen LogP contribution in [0.2, 0.25) is 0 Å². The molecule has 0 unspecified atom stereocenters. The molecular formula is C23H29NO5. The monoisotopic (exact) mass is 399 g/mol. The highest BCUT2D eigenvalue weighted by Gasteiger charge is 2.30. The summed E-state index contributed by atoms with van der Waals surface area (Å²) in [5.41, 5.74) is 2.23. The molecule has 6 heteroatoms. The Morgan fingerprint density at radius 3 is 2.59 bits per heavy atom. The van der Waals surface area contributed by atoms with Gasteiger partial charge in [0.25, 0.3) is 0 Å². The van der Waals surface area contributed by atoms with Crippen molar-refractivity contribution in [2.24, 2.45) is 5.92 Å². The smallest absolute Gasteiger partial charge is 0.341 e. The van der Waals surface area contributed by atoms with Gasteiger partial charge in [-0.1, -0.05) is 50.2 Å². The standard InChI is InChI=1S/C23H29NO5/c1-16(2)21-13-24(14-22(29-21)18-7-5-4-6-8-18)12-17-9-10-19(27-3)20(11-17)28-15-23(25)26/h4-11,16,21-22H,12-15H2,1-3H3,(H,25,26)/t21-,22+/m1/s1. The second-order valence-corrected chi connectivity index (χ2v) is 7.68. The third-order valence-electron chi connectivity index (χ3n) is 5.10. The third kappa shape index (κ3) is 5.71. The number of morpholine rings is 1. The van der Waals surface area contributed by atoms with Gasteiger partial charge in [0.15, 0.2) is 18.1 Å². The lowest BCUT2D eigenvalue weighted by molar-refractivity contribution is -0.139. The average molecular weight is 399 g/mol. The Bertz CT molecular complexity index is 808. The first-order chi connectivity index (χ1) is 14.0. The molecule has 2 aromatic rings. The number of hydrogen-bond donors (Lipinski definition) is 1. The second kappa shape index (κ2) is 9.76. The topological polar surface area (TPSA) is 68.2 Å². The van der Waals surface area contributed by atoms with Crippen LogP contribution in [0, 0.1) is 5.92 Å². The van der Waals surface area contributed by atoms with Gasteiger partial charge in [0.1, 0.15) is 0 Å². The first-order valence-corrected chi connectivity index (χ1v) is 9.90. The van der Waals surface area contributed by atoms with E-state index in [9.17, 15) is 4.79 Å². The summed E-state index contributed by atoms with van der Waals surface area (Å²) in [5, 5.41) is 8.90. The van der Waals surface area contributed by atoms with Gasteiger partial charge in [-0.2, -0.15) is 0 Å². The van der Waals surface area contributed by atoms with Crippen LogP contribution in [-0.4, -0.2) is 48.9 Å². The molecule has 1 aliphatic rings. The van der Waals surface area contributed by atoms with E-state index < -0.39 is 12.6 Å². The van der Waals surface area contributed by atoms with Gasteiger partial charge in [-0.05, 0) is 29.2 Å². The van der Waals surface area contributed by atoms with E-state index in [1.807, 2.05) is 36.4 Å². The van der Waals surface area contributed by atoms with E-state index in [0.29, 0.717) is 17.4 Å². The minimum atomic E-state index is -1.02. The Morgan fingerprint density at radius 1 is 1.17 bits per heavy atom. The molecule has 0 spiro atoms. The van der Waals surface area contributed by atoms with Gasteiger partial charge in [0.2, 0.25) is 0 Å². The van der Waals surface area contributed by atoms with E-state index in [1.165, 1.54) is 5.56 Å². The zero-order chi connectivity index (χ0) is 20.8. The molecule has 156 valence electrons. The predicted molar refractivity (Wildman–Crippen MR) is 110 cm³/mol. The van der Waals surface area contributed by atoms with Crippen molar-refractivity contribution in [1.29, 1.82) is 0 Å². The lowest BCUT2D eigenvalue weighted by Crippen LogP contribution is -2.45. The largest absolute Gasteiger partial charge is 0.493 e. The molecule has 3 rings (SSSR count). The summed E-state index contributed by atoms with van der Waals surface area (Å²) < 4.78 is 17.1. The maximum absolute atomic E-state index is 10.9. The van der Waals surface area contributed by atoms with E-state index in [2.05, 4.69) is 30.9 Å². The maximum Gasteiger partial charge on any atom is 0.341 e. The zero-order valence-corrected chi connectivity index (χ0v) is 17.2. The molecule has 0 bridgehead atoms. The number of nitrogens with zero attached hydrogens (tertiary/aromatic N) is 1. The third-order valence-corrected chi connectivity index (χ3v) is 5.10. The van der Waals surface area contributed by atoms with Crippen LogP contribution in [0.4, 0.5) is 0 Å². The number of carboxylic acids is 1. The summed E-state index contributed by atoms with van der Waals surface area (Å²) in [6, 6.07) is 16.0. The van der Waals surface area contributed by atoms with E-state index in [4.69, 9.17) is 19.3 Å². The highest BCUT2D eigenvalue weighted by atomic mass is 16.5. The number of carbonyl (C=O) groups is 1. The van der Waals surface area contributed by atoms with Crippen LogP contribution in [0.3, 0.4) is 0 Å². The number of hydrogen-bond acceptors (Lipinski definition) is 5. The molecule has 6 nitrogen and oxygen atoms in total. The molecule has 2 atom stereocenters. The van der Waals surface area contributed by atoms with E-state index >= 15 is 0 Å². The normalized spacial score (nSPS) is 19.9. The summed E-state index contributed by atoms with van der Waals surface area (Å²) in [6.45, 7) is 6.33. The Morgan fingerprint density at radius 2 is 1.93 bits per heavy atom. The van der Waals surface area contributed by atoms with Crippen LogP contribution in [-0.2, 0) is 16.1 Å². The molecule has 1 heterocycles. The SMILES string of the molecule is COc1ccc(CN2C[C@@H](c3ccccc3)O[C@@H](C(C)C)C2)cc1OCC(=O)O. The molecule has 1 N–H and O–H groups in total. The minimum Gasteiger partial charge on any atom is -0.493 e. The van der Waals surface area contributed by atoms with E-state index in [0.717, 1.165) is 25.2 Å². The average Bonchev–Trinajstić information content (AvgIpc) is 2.72. The zero-order valence-electron chi connectivity index (χ0n) is 17.2. The summed E-state index contributed by atoms with van der Waals surface area (Å²) >= 11 is 0. The van der Waals surface area contributed by atoms with Crippen LogP contribution in [0.25, 0.3) is 0 Å². The highest BCUT2D eigenvalue weighted by molar-refractivity contribution is 5.68. The van der Waals surface area contributed by atoms with E-state index in [1.54, 1.807) is 7.11 Å².